The number of nitrogen functional groups attached to an aromatic ring is 1. The number of aliphatic hydroxyl groups excluding tert-OH is 2. The SMILES string of the molecule is C[C@@H]1[C@H](O)[C@@H](CO)O[C@@]1(Br)n1ccc(N)nc1=O. The molecule has 4 atom stereocenters. The van der Waals surface area contributed by atoms with E-state index in [0.717, 1.165) is 0 Å². The Morgan fingerprint density at radius 1 is 1.72 bits per heavy atom. The smallest absolute Gasteiger partial charge is 0.352 e. The van der Waals surface area contributed by atoms with Crippen LogP contribution in [-0.2, 0) is 9.37 Å². The van der Waals surface area contributed by atoms with Crippen LogP contribution in [0.1, 0.15) is 6.92 Å². The molecule has 2 rings (SSSR count). The van der Waals surface area contributed by atoms with Crippen molar-refractivity contribution in [2.45, 2.75) is 23.8 Å². The monoisotopic (exact) mass is 319 g/mol. The summed E-state index contributed by atoms with van der Waals surface area (Å²) in [5.74, 6) is -0.338. The van der Waals surface area contributed by atoms with Crippen LogP contribution in [-0.4, -0.2) is 38.6 Å². The first kappa shape index (κ1) is 13.5. The van der Waals surface area contributed by atoms with Gasteiger partial charge in [-0.15, -0.1) is 0 Å². The minimum Gasteiger partial charge on any atom is -0.394 e. The summed E-state index contributed by atoms with van der Waals surface area (Å²) in [7, 11) is 0. The summed E-state index contributed by atoms with van der Waals surface area (Å²) in [4.78, 5) is 15.4. The van der Waals surface area contributed by atoms with Crippen molar-refractivity contribution in [3.05, 3.63) is 22.7 Å². The molecular weight excluding hydrogens is 306 g/mol. The van der Waals surface area contributed by atoms with Crippen molar-refractivity contribution in [3.63, 3.8) is 0 Å². The summed E-state index contributed by atoms with van der Waals surface area (Å²) in [6.45, 7) is 1.37. The fourth-order valence-electron chi connectivity index (χ4n) is 1.99. The third-order valence-electron chi connectivity index (χ3n) is 3.11. The molecule has 0 radical (unpaired) electrons. The number of aromatic nitrogens is 2. The minimum atomic E-state index is -1.24. The van der Waals surface area contributed by atoms with Gasteiger partial charge in [0.05, 0.1) is 12.7 Å². The first-order chi connectivity index (χ1) is 8.40. The van der Waals surface area contributed by atoms with E-state index in [2.05, 4.69) is 20.9 Å². The Kier molecular flexibility index (Phi) is 3.45. The summed E-state index contributed by atoms with van der Waals surface area (Å²) in [6, 6.07) is 1.46. The Morgan fingerprint density at radius 3 is 2.89 bits per heavy atom. The lowest BCUT2D eigenvalue weighted by molar-refractivity contribution is -0.0644. The van der Waals surface area contributed by atoms with Gasteiger partial charge in [-0.3, -0.25) is 4.57 Å². The van der Waals surface area contributed by atoms with Crippen LogP contribution in [0.3, 0.4) is 0 Å². The highest BCUT2D eigenvalue weighted by molar-refractivity contribution is 9.09. The van der Waals surface area contributed by atoms with Gasteiger partial charge in [-0.2, -0.15) is 4.98 Å². The number of rotatable bonds is 2. The Balaban J connectivity index is 2.46. The normalized spacial score (nSPS) is 35.9. The zero-order chi connectivity index (χ0) is 13.5. The molecule has 0 bridgehead atoms. The molecule has 1 aliphatic heterocycles. The van der Waals surface area contributed by atoms with E-state index in [1.165, 1.54) is 16.8 Å². The minimum absolute atomic E-state index is 0.109. The number of nitrogens with two attached hydrogens (primary N) is 1. The molecule has 1 aromatic heterocycles. The molecule has 1 aromatic rings. The van der Waals surface area contributed by atoms with Crippen LogP contribution in [0.15, 0.2) is 17.1 Å². The van der Waals surface area contributed by atoms with Crippen LogP contribution in [0.25, 0.3) is 0 Å². The van der Waals surface area contributed by atoms with Gasteiger partial charge in [0.1, 0.15) is 11.9 Å². The summed E-state index contributed by atoms with van der Waals surface area (Å²) >= 11 is 3.31. The second kappa shape index (κ2) is 4.61. The van der Waals surface area contributed by atoms with Gasteiger partial charge in [-0.05, 0) is 22.0 Å². The lowest BCUT2D eigenvalue weighted by Gasteiger charge is -2.28. The van der Waals surface area contributed by atoms with Gasteiger partial charge in [-0.1, -0.05) is 6.92 Å². The molecule has 0 amide bonds. The van der Waals surface area contributed by atoms with Gasteiger partial charge in [0, 0.05) is 12.1 Å². The van der Waals surface area contributed by atoms with Gasteiger partial charge in [-0.25, -0.2) is 4.79 Å². The van der Waals surface area contributed by atoms with Crippen molar-refractivity contribution in [1.29, 1.82) is 0 Å². The van der Waals surface area contributed by atoms with Crippen LogP contribution >= 0.6 is 15.9 Å². The highest BCUT2D eigenvalue weighted by atomic mass is 79.9. The van der Waals surface area contributed by atoms with Crippen molar-refractivity contribution in [1.82, 2.24) is 9.55 Å². The standard InChI is InChI=1S/C10H14BrN3O4/c1-5-8(16)6(4-15)18-10(5,11)14-3-2-7(12)13-9(14)17/h2-3,5-6,8,15-16H,4H2,1H3,(H2,12,13,17)/t5-,6-,8+,10+/m1/s1. The fourth-order valence-corrected chi connectivity index (χ4v) is 2.77. The average Bonchev–Trinajstić information content (AvgIpc) is 2.54. The molecule has 0 spiro atoms. The Morgan fingerprint density at radius 2 is 2.39 bits per heavy atom. The zero-order valence-corrected chi connectivity index (χ0v) is 11.2. The number of alkyl halides is 1. The van der Waals surface area contributed by atoms with Crippen LogP contribution in [0, 0.1) is 5.92 Å². The van der Waals surface area contributed by atoms with Crippen molar-refractivity contribution >= 4 is 21.7 Å². The predicted octanol–water partition coefficient (Wildman–Crippen LogP) is -0.781. The summed E-state index contributed by atoms with van der Waals surface area (Å²) in [5, 5.41) is 19.0. The Labute approximate surface area is 111 Å². The van der Waals surface area contributed by atoms with E-state index in [1.54, 1.807) is 6.92 Å². The highest BCUT2D eigenvalue weighted by Crippen LogP contribution is 2.44. The first-order valence-electron chi connectivity index (χ1n) is 5.41. The third-order valence-corrected chi connectivity index (χ3v) is 4.40. The Bertz CT molecular complexity index is 508. The molecule has 18 heavy (non-hydrogen) atoms. The maximum atomic E-state index is 11.8. The van der Waals surface area contributed by atoms with E-state index in [4.69, 9.17) is 15.6 Å². The van der Waals surface area contributed by atoms with E-state index >= 15 is 0 Å². The van der Waals surface area contributed by atoms with Crippen molar-refractivity contribution in [2.75, 3.05) is 12.3 Å². The van der Waals surface area contributed by atoms with Gasteiger partial charge >= 0.3 is 5.69 Å². The van der Waals surface area contributed by atoms with E-state index in [1.807, 2.05) is 0 Å². The molecule has 2 heterocycles. The Hall–Kier alpha value is -0.960. The van der Waals surface area contributed by atoms with Crippen molar-refractivity contribution < 1.29 is 14.9 Å². The van der Waals surface area contributed by atoms with Gasteiger partial charge in [0.15, 0.2) is 0 Å². The largest absolute Gasteiger partial charge is 0.394 e. The second-order valence-electron chi connectivity index (χ2n) is 4.23. The van der Waals surface area contributed by atoms with Gasteiger partial charge in [0.25, 0.3) is 0 Å². The van der Waals surface area contributed by atoms with E-state index < -0.39 is 28.4 Å². The lowest BCUT2D eigenvalue weighted by atomic mass is 10.0. The molecule has 0 unspecified atom stereocenters. The third kappa shape index (κ3) is 1.95. The van der Waals surface area contributed by atoms with Crippen molar-refractivity contribution in [3.8, 4) is 0 Å². The molecule has 8 heteroatoms. The molecule has 1 aliphatic rings. The van der Waals surface area contributed by atoms with E-state index in [0.29, 0.717) is 0 Å². The lowest BCUT2D eigenvalue weighted by Crippen LogP contribution is -2.41. The number of hydrogen-bond donors (Lipinski definition) is 3. The summed E-state index contributed by atoms with van der Waals surface area (Å²) in [6.07, 6.45) is -0.217. The molecule has 100 valence electrons. The molecule has 0 aromatic carbocycles. The molecule has 7 nitrogen and oxygen atoms in total. The van der Waals surface area contributed by atoms with Gasteiger partial charge in [0.2, 0.25) is 4.63 Å². The number of ether oxygens (including phenoxy) is 1. The summed E-state index contributed by atoms with van der Waals surface area (Å²) in [5.41, 5.74) is 4.82. The van der Waals surface area contributed by atoms with Crippen LogP contribution < -0.4 is 11.4 Å². The number of hydrogen-bond acceptors (Lipinski definition) is 6. The number of anilines is 1. The number of nitrogens with zero attached hydrogens (tertiary/aromatic N) is 2. The molecular formula is C10H14BrN3O4. The van der Waals surface area contributed by atoms with Crippen molar-refractivity contribution in [2.24, 2.45) is 5.92 Å². The number of aliphatic hydroxyl groups is 2. The molecule has 0 aliphatic carbocycles. The molecule has 0 saturated carbocycles. The predicted molar refractivity (Wildman–Crippen MR) is 66.9 cm³/mol. The highest BCUT2D eigenvalue weighted by Gasteiger charge is 2.52. The van der Waals surface area contributed by atoms with E-state index in [-0.39, 0.29) is 12.4 Å². The second-order valence-corrected chi connectivity index (χ2v) is 5.37. The van der Waals surface area contributed by atoms with Crippen LogP contribution in [0.2, 0.25) is 0 Å². The summed E-state index contributed by atoms with van der Waals surface area (Å²) < 4.78 is 5.49. The maximum absolute atomic E-state index is 11.8. The van der Waals surface area contributed by atoms with E-state index in [9.17, 15) is 9.90 Å². The van der Waals surface area contributed by atoms with Crippen LogP contribution in [0.5, 0.6) is 0 Å². The number of halogens is 1. The maximum Gasteiger partial charge on any atom is 0.352 e. The quantitative estimate of drug-likeness (QED) is 0.617. The first-order valence-corrected chi connectivity index (χ1v) is 6.20. The fraction of sp³-hybridized carbons (Fsp3) is 0.600. The zero-order valence-electron chi connectivity index (χ0n) is 9.65. The molecule has 1 fully saturated rings. The molecule has 1 saturated heterocycles. The average molecular weight is 320 g/mol. The van der Waals surface area contributed by atoms with Crippen LogP contribution in [0.4, 0.5) is 5.82 Å². The topological polar surface area (TPSA) is 111 Å². The molecule has 4 N–H and O–H groups in total. The van der Waals surface area contributed by atoms with Gasteiger partial charge < -0.3 is 20.7 Å².